The van der Waals surface area contributed by atoms with Crippen molar-refractivity contribution in [1.29, 1.82) is 0 Å². The van der Waals surface area contributed by atoms with Crippen molar-refractivity contribution in [3.63, 3.8) is 0 Å². The Kier molecular flexibility index (Phi) is 6.87. The van der Waals surface area contributed by atoms with Gasteiger partial charge in [-0.3, -0.25) is 0 Å². The Labute approximate surface area is 102 Å². The molecule has 0 radical (unpaired) electrons. The fraction of sp³-hybridized carbons (Fsp3) is 1.00. The maximum Gasteiger partial charge on any atom is 0.0540 e. The summed E-state index contributed by atoms with van der Waals surface area (Å²) < 4.78 is 5.93. The lowest BCUT2D eigenvalue weighted by Gasteiger charge is -2.27. The quantitative estimate of drug-likeness (QED) is 0.725. The molecule has 0 heterocycles. The van der Waals surface area contributed by atoms with E-state index in [9.17, 15) is 5.11 Å². The van der Waals surface area contributed by atoms with Crippen molar-refractivity contribution < 1.29 is 9.63 Å². The van der Waals surface area contributed by atoms with E-state index in [4.69, 9.17) is 4.52 Å². The van der Waals surface area contributed by atoms with Gasteiger partial charge in [0, 0.05) is 8.15 Å². The Morgan fingerprint density at radius 2 is 1.94 bits per heavy atom. The average Bonchev–Trinajstić information content (AvgIpc) is 2.29. The van der Waals surface area contributed by atoms with Gasteiger partial charge in [0.15, 0.2) is 0 Å². The Morgan fingerprint density at radius 3 is 2.50 bits per heavy atom. The van der Waals surface area contributed by atoms with Crippen LogP contribution in [0.3, 0.4) is 0 Å². The lowest BCUT2D eigenvalue weighted by atomic mass is 9.89. The fourth-order valence-corrected chi connectivity index (χ4v) is 3.82. The molecule has 1 aliphatic rings. The van der Waals surface area contributed by atoms with Gasteiger partial charge in [-0.1, -0.05) is 20.3 Å². The van der Waals surface area contributed by atoms with Crippen LogP contribution in [0.1, 0.15) is 46.0 Å². The summed E-state index contributed by atoms with van der Waals surface area (Å²) in [6.07, 6.45) is 6.80. The van der Waals surface area contributed by atoms with E-state index < -0.39 is 0 Å². The van der Waals surface area contributed by atoms with Gasteiger partial charge < -0.3 is 9.63 Å². The molecular weight excluding hydrogens is 219 g/mol. The van der Waals surface area contributed by atoms with Gasteiger partial charge in [-0.05, 0) is 50.3 Å². The number of aliphatic hydroxyl groups excluding tert-OH is 1. The van der Waals surface area contributed by atoms with Crippen LogP contribution in [0, 0.1) is 11.8 Å². The largest absolute Gasteiger partial charge is 0.393 e. The summed E-state index contributed by atoms with van der Waals surface area (Å²) in [5.41, 5.74) is 0. The number of rotatable bonds is 6. The zero-order chi connectivity index (χ0) is 12.0. The van der Waals surface area contributed by atoms with Crippen molar-refractivity contribution in [2.45, 2.75) is 52.1 Å². The van der Waals surface area contributed by atoms with Crippen LogP contribution in [0.4, 0.5) is 0 Å². The van der Waals surface area contributed by atoms with Crippen molar-refractivity contribution >= 4 is 8.15 Å². The first-order valence-corrected chi connectivity index (χ1v) is 8.53. The normalized spacial score (nSPS) is 30.0. The Bertz CT molecular complexity index is 179. The van der Waals surface area contributed by atoms with Gasteiger partial charge in [0.1, 0.15) is 0 Å². The lowest BCUT2D eigenvalue weighted by molar-refractivity contribution is 0.113. The molecule has 1 fully saturated rings. The minimum atomic E-state index is -0.238. The van der Waals surface area contributed by atoms with Crippen LogP contribution < -0.4 is 0 Å². The van der Waals surface area contributed by atoms with Crippen molar-refractivity contribution in [3.05, 3.63) is 0 Å². The molecule has 16 heavy (non-hydrogen) atoms. The SMILES string of the molecule is CCC(C)COP(C)CC1CCC(O)CC1. The number of aliphatic hydroxyl groups is 1. The second-order valence-electron chi connectivity index (χ2n) is 5.29. The van der Waals surface area contributed by atoms with Crippen LogP contribution in [-0.4, -0.2) is 30.6 Å². The van der Waals surface area contributed by atoms with E-state index in [1.165, 1.54) is 25.4 Å². The molecule has 0 aromatic rings. The molecule has 0 aliphatic heterocycles. The van der Waals surface area contributed by atoms with E-state index in [-0.39, 0.29) is 14.3 Å². The van der Waals surface area contributed by atoms with Crippen LogP contribution in [0.25, 0.3) is 0 Å². The third-order valence-corrected chi connectivity index (χ3v) is 5.23. The highest BCUT2D eigenvalue weighted by Gasteiger charge is 2.21. The average molecular weight is 246 g/mol. The molecule has 0 aromatic heterocycles. The second kappa shape index (κ2) is 7.63. The summed E-state index contributed by atoms with van der Waals surface area (Å²) in [4.78, 5) is 0. The molecule has 2 atom stereocenters. The number of hydrogen-bond acceptors (Lipinski definition) is 2. The van der Waals surface area contributed by atoms with Gasteiger partial charge in [-0.15, -0.1) is 0 Å². The molecule has 2 nitrogen and oxygen atoms in total. The van der Waals surface area contributed by atoms with Gasteiger partial charge in [0.25, 0.3) is 0 Å². The van der Waals surface area contributed by atoms with Gasteiger partial charge >= 0.3 is 0 Å². The predicted molar refractivity (Wildman–Crippen MR) is 71.1 cm³/mol. The van der Waals surface area contributed by atoms with Crippen LogP contribution in [0.5, 0.6) is 0 Å². The molecule has 1 aliphatic carbocycles. The summed E-state index contributed by atoms with van der Waals surface area (Å²) in [5.74, 6) is 1.49. The molecule has 0 saturated heterocycles. The third kappa shape index (κ3) is 5.61. The maximum atomic E-state index is 9.44. The zero-order valence-corrected chi connectivity index (χ0v) is 11.9. The molecule has 1 N–H and O–H groups in total. The topological polar surface area (TPSA) is 29.5 Å². The third-order valence-electron chi connectivity index (χ3n) is 3.61. The Morgan fingerprint density at radius 1 is 1.31 bits per heavy atom. The van der Waals surface area contributed by atoms with E-state index in [0.29, 0.717) is 5.92 Å². The number of hydrogen-bond donors (Lipinski definition) is 1. The molecule has 1 saturated carbocycles. The predicted octanol–water partition coefficient (Wildman–Crippen LogP) is 3.63. The summed E-state index contributed by atoms with van der Waals surface area (Å²) in [6.45, 7) is 7.64. The monoisotopic (exact) mass is 246 g/mol. The Balaban J connectivity index is 2.11. The minimum Gasteiger partial charge on any atom is -0.393 e. The first-order chi connectivity index (χ1) is 7.61. The summed E-state index contributed by atoms with van der Waals surface area (Å²) in [5, 5.41) is 9.44. The van der Waals surface area contributed by atoms with Crippen molar-refractivity contribution in [2.24, 2.45) is 11.8 Å². The summed E-state index contributed by atoms with van der Waals surface area (Å²) in [6, 6.07) is 0. The summed E-state index contributed by atoms with van der Waals surface area (Å²) in [7, 11) is -0.238. The highest BCUT2D eigenvalue weighted by Crippen LogP contribution is 2.39. The van der Waals surface area contributed by atoms with E-state index in [2.05, 4.69) is 20.5 Å². The first kappa shape index (κ1) is 14.4. The van der Waals surface area contributed by atoms with Gasteiger partial charge in [0.05, 0.1) is 12.7 Å². The highest BCUT2D eigenvalue weighted by molar-refractivity contribution is 7.51. The van der Waals surface area contributed by atoms with E-state index >= 15 is 0 Å². The van der Waals surface area contributed by atoms with Gasteiger partial charge in [-0.2, -0.15) is 0 Å². The van der Waals surface area contributed by atoms with Crippen molar-refractivity contribution in [2.75, 3.05) is 19.4 Å². The summed E-state index contributed by atoms with van der Waals surface area (Å²) >= 11 is 0. The highest BCUT2D eigenvalue weighted by atomic mass is 31.1. The molecule has 96 valence electrons. The molecule has 0 aromatic carbocycles. The van der Waals surface area contributed by atoms with Crippen LogP contribution >= 0.6 is 8.15 Å². The van der Waals surface area contributed by atoms with Crippen molar-refractivity contribution in [3.8, 4) is 0 Å². The minimum absolute atomic E-state index is 0.0274. The van der Waals surface area contributed by atoms with E-state index in [1.807, 2.05) is 0 Å². The van der Waals surface area contributed by atoms with Crippen molar-refractivity contribution in [1.82, 2.24) is 0 Å². The molecule has 0 amide bonds. The van der Waals surface area contributed by atoms with Crippen LogP contribution in [0.2, 0.25) is 0 Å². The van der Waals surface area contributed by atoms with Crippen LogP contribution in [0.15, 0.2) is 0 Å². The fourth-order valence-electron chi connectivity index (χ4n) is 2.12. The van der Waals surface area contributed by atoms with Crippen LogP contribution in [-0.2, 0) is 4.52 Å². The first-order valence-electron chi connectivity index (χ1n) is 6.64. The molecule has 2 unspecified atom stereocenters. The second-order valence-corrected chi connectivity index (χ2v) is 7.17. The lowest BCUT2D eigenvalue weighted by Crippen LogP contribution is -2.20. The molecular formula is C13H27O2P. The van der Waals surface area contributed by atoms with E-state index in [1.54, 1.807) is 0 Å². The maximum absolute atomic E-state index is 9.44. The van der Waals surface area contributed by atoms with Gasteiger partial charge in [0.2, 0.25) is 0 Å². The van der Waals surface area contributed by atoms with Gasteiger partial charge in [-0.25, -0.2) is 0 Å². The smallest absolute Gasteiger partial charge is 0.0540 e. The molecule has 0 bridgehead atoms. The molecule has 0 spiro atoms. The molecule has 1 rings (SSSR count). The molecule has 3 heteroatoms. The Hall–Kier alpha value is 0.350. The van der Waals surface area contributed by atoms with E-state index in [0.717, 1.165) is 25.4 Å². The standard InChI is InChI=1S/C13H27O2P/c1-4-11(2)9-15-16(3)10-12-5-7-13(14)8-6-12/h11-14H,4-10H2,1-3H3. The zero-order valence-electron chi connectivity index (χ0n) is 11.0.